The number of hydrogen-bond acceptors (Lipinski definition) is 2. The Labute approximate surface area is 59.9 Å². The van der Waals surface area contributed by atoms with Crippen molar-refractivity contribution in [1.82, 2.24) is 9.78 Å². The molecule has 1 aromatic rings. The first kappa shape index (κ1) is 6.81. The molecular formula is C7H9N3. The van der Waals surface area contributed by atoms with Crippen molar-refractivity contribution in [2.45, 2.75) is 13.8 Å². The summed E-state index contributed by atoms with van der Waals surface area (Å²) >= 11 is 0. The van der Waals surface area contributed by atoms with Gasteiger partial charge in [-0.2, -0.15) is 10.4 Å². The van der Waals surface area contributed by atoms with Gasteiger partial charge >= 0.3 is 0 Å². The van der Waals surface area contributed by atoms with Crippen LogP contribution in [0, 0.1) is 25.2 Å². The van der Waals surface area contributed by atoms with E-state index in [1.807, 2.05) is 27.0 Å². The molecule has 0 aromatic carbocycles. The molecule has 3 heteroatoms. The number of rotatable bonds is 0. The highest BCUT2D eigenvalue weighted by molar-refractivity contribution is 5.32. The number of nitriles is 1. The Balaban J connectivity index is 3.34. The molecular weight excluding hydrogens is 126 g/mol. The van der Waals surface area contributed by atoms with Gasteiger partial charge in [0.2, 0.25) is 0 Å². The van der Waals surface area contributed by atoms with Gasteiger partial charge in [-0.05, 0) is 13.8 Å². The maximum atomic E-state index is 8.53. The highest BCUT2D eigenvalue weighted by atomic mass is 15.3. The fourth-order valence-electron chi connectivity index (χ4n) is 0.820. The molecule has 1 aromatic heterocycles. The molecule has 10 heavy (non-hydrogen) atoms. The van der Waals surface area contributed by atoms with Gasteiger partial charge in [0.1, 0.15) is 6.07 Å². The van der Waals surface area contributed by atoms with Crippen LogP contribution in [0.1, 0.15) is 17.0 Å². The molecule has 0 spiro atoms. The average Bonchev–Trinajstić information content (AvgIpc) is 2.17. The van der Waals surface area contributed by atoms with Crippen LogP contribution in [0.5, 0.6) is 0 Å². The molecule has 0 atom stereocenters. The zero-order valence-corrected chi connectivity index (χ0v) is 6.34. The fourth-order valence-corrected chi connectivity index (χ4v) is 0.820. The molecule has 0 saturated heterocycles. The fraction of sp³-hybridized carbons (Fsp3) is 0.429. The van der Waals surface area contributed by atoms with Gasteiger partial charge in [-0.1, -0.05) is 0 Å². The first-order valence-electron chi connectivity index (χ1n) is 3.07. The Morgan fingerprint density at radius 2 is 2.10 bits per heavy atom. The van der Waals surface area contributed by atoms with Gasteiger partial charge in [0.05, 0.1) is 0 Å². The average molecular weight is 135 g/mol. The predicted molar refractivity (Wildman–Crippen MR) is 37.4 cm³/mol. The van der Waals surface area contributed by atoms with Gasteiger partial charge in [0, 0.05) is 18.3 Å². The number of hydrogen-bond donors (Lipinski definition) is 0. The molecule has 0 saturated carbocycles. The summed E-state index contributed by atoms with van der Waals surface area (Å²) in [6.07, 6.45) is 0. The molecule has 0 N–H and O–H groups in total. The molecule has 0 fully saturated rings. The van der Waals surface area contributed by atoms with Gasteiger partial charge in [0.15, 0.2) is 5.69 Å². The first-order valence-corrected chi connectivity index (χ1v) is 3.07. The largest absolute Gasteiger partial charge is 0.271 e. The summed E-state index contributed by atoms with van der Waals surface area (Å²) in [4.78, 5) is 0. The third kappa shape index (κ3) is 0.781. The highest BCUT2D eigenvalue weighted by Crippen LogP contribution is 2.08. The minimum absolute atomic E-state index is 0.528. The van der Waals surface area contributed by atoms with E-state index in [0.29, 0.717) is 5.69 Å². The number of nitrogens with zero attached hydrogens (tertiary/aromatic N) is 3. The molecule has 3 nitrogen and oxygen atoms in total. The lowest BCUT2D eigenvalue weighted by Gasteiger charge is -1.90. The SMILES string of the molecule is Cc1c(C#N)nn(C)c1C. The smallest absolute Gasteiger partial charge is 0.165 e. The second kappa shape index (κ2) is 2.14. The lowest BCUT2D eigenvalue weighted by Crippen LogP contribution is -1.92. The second-order valence-corrected chi connectivity index (χ2v) is 2.29. The molecule has 1 rings (SSSR count). The Bertz CT molecular complexity index is 291. The maximum absolute atomic E-state index is 8.53. The van der Waals surface area contributed by atoms with Crippen LogP contribution in [0.15, 0.2) is 0 Å². The normalized spacial score (nSPS) is 9.40. The number of aryl methyl sites for hydroxylation is 1. The molecule has 0 amide bonds. The summed E-state index contributed by atoms with van der Waals surface area (Å²) in [5.74, 6) is 0. The van der Waals surface area contributed by atoms with Crippen LogP contribution in [0.4, 0.5) is 0 Å². The Hall–Kier alpha value is -1.30. The van der Waals surface area contributed by atoms with Crippen molar-refractivity contribution < 1.29 is 0 Å². The lowest BCUT2D eigenvalue weighted by molar-refractivity contribution is 0.735. The maximum Gasteiger partial charge on any atom is 0.165 e. The van der Waals surface area contributed by atoms with E-state index in [-0.39, 0.29) is 0 Å². The van der Waals surface area contributed by atoms with E-state index in [1.165, 1.54) is 0 Å². The molecule has 1 heterocycles. The van der Waals surface area contributed by atoms with Crippen molar-refractivity contribution in [3.05, 3.63) is 17.0 Å². The van der Waals surface area contributed by atoms with Crippen molar-refractivity contribution >= 4 is 0 Å². The first-order chi connectivity index (χ1) is 4.66. The minimum Gasteiger partial charge on any atom is -0.271 e. The van der Waals surface area contributed by atoms with Gasteiger partial charge in [0.25, 0.3) is 0 Å². The van der Waals surface area contributed by atoms with E-state index in [4.69, 9.17) is 5.26 Å². The van der Waals surface area contributed by atoms with E-state index in [0.717, 1.165) is 11.3 Å². The summed E-state index contributed by atoms with van der Waals surface area (Å²) in [6.45, 7) is 3.85. The lowest BCUT2D eigenvalue weighted by atomic mass is 10.2. The topological polar surface area (TPSA) is 41.6 Å². The molecule has 0 bridgehead atoms. The number of aromatic nitrogens is 2. The van der Waals surface area contributed by atoms with Crippen LogP contribution >= 0.6 is 0 Å². The van der Waals surface area contributed by atoms with E-state index in [2.05, 4.69) is 5.10 Å². The van der Waals surface area contributed by atoms with Crippen LogP contribution in [0.25, 0.3) is 0 Å². The molecule has 0 radical (unpaired) electrons. The highest BCUT2D eigenvalue weighted by Gasteiger charge is 2.05. The van der Waals surface area contributed by atoms with E-state index in [9.17, 15) is 0 Å². The third-order valence-electron chi connectivity index (χ3n) is 1.74. The van der Waals surface area contributed by atoms with Crippen molar-refractivity contribution in [1.29, 1.82) is 5.26 Å². The third-order valence-corrected chi connectivity index (χ3v) is 1.74. The Kier molecular flexibility index (Phi) is 1.46. The van der Waals surface area contributed by atoms with Crippen LogP contribution in [-0.2, 0) is 7.05 Å². The monoisotopic (exact) mass is 135 g/mol. The van der Waals surface area contributed by atoms with Crippen molar-refractivity contribution in [3.63, 3.8) is 0 Å². The van der Waals surface area contributed by atoms with E-state index in [1.54, 1.807) is 4.68 Å². The summed E-state index contributed by atoms with van der Waals surface area (Å²) in [6, 6.07) is 2.02. The minimum atomic E-state index is 0.528. The van der Waals surface area contributed by atoms with Crippen LogP contribution in [0.2, 0.25) is 0 Å². The second-order valence-electron chi connectivity index (χ2n) is 2.29. The van der Waals surface area contributed by atoms with Gasteiger partial charge in [-0.15, -0.1) is 0 Å². The van der Waals surface area contributed by atoms with Crippen LogP contribution < -0.4 is 0 Å². The van der Waals surface area contributed by atoms with Crippen molar-refractivity contribution in [2.75, 3.05) is 0 Å². The molecule has 52 valence electrons. The zero-order chi connectivity index (χ0) is 7.72. The molecule has 0 unspecified atom stereocenters. The summed E-state index contributed by atoms with van der Waals surface area (Å²) in [5.41, 5.74) is 2.56. The summed E-state index contributed by atoms with van der Waals surface area (Å²) in [5, 5.41) is 12.5. The standard InChI is InChI=1S/C7H9N3/c1-5-6(2)10(3)9-7(5)4-8/h1-3H3. The predicted octanol–water partition coefficient (Wildman–Crippen LogP) is 0.909. The van der Waals surface area contributed by atoms with E-state index >= 15 is 0 Å². The van der Waals surface area contributed by atoms with Gasteiger partial charge < -0.3 is 0 Å². The van der Waals surface area contributed by atoms with Crippen LogP contribution in [-0.4, -0.2) is 9.78 Å². The van der Waals surface area contributed by atoms with Crippen molar-refractivity contribution in [3.8, 4) is 6.07 Å². The summed E-state index contributed by atoms with van der Waals surface area (Å²) < 4.78 is 1.72. The van der Waals surface area contributed by atoms with Crippen LogP contribution in [0.3, 0.4) is 0 Å². The van der Waals surface area contributed by atoms with Gasteiger partial charge in [-0.3, -0.25) is 4.68 Å². The summed E-state index contributed by atoms with van der Waals surface area (Å²) in [7, 11) is 1.84. The van der Waals surface area contributed by atoms with E-state index < -0.39 is 0 Å². The van der Waals surface area contributed by atoms with Crippen molar-refractivity contribution in [2.24, 2.45) is 7.05 Å². The zero-order valence-electron chi connectivity index (χ0n) is 6.34. The molecule has 0 aliphatic rings. The quantitative estimate of drug-likeness (QED) is 0.530. The Morgan fingerprint density at radius 1 is 1.50 bits per heavy atom. The van der Waals surface area contributed by atoms with Gasteiger partial charge in [-0.25, -0.2) is 0 Å². The molecule has 0 aliphatic heterocycles. The molecule has 0 aliphatic carbocycles. The Morgan fingerprint density at radius 3 is 2.30 bits per heavy atom.